The van der Waals surface area contributed by atoms with Gasteiger partial charge in [0.2, 0.25) is 5.78 Å². The average molecular weight is 332 g/mol. The van der Waals surface area contributed by atoms with Crippen LogP contribution in [-0.4, -0.2) is 26.7 Å². The summed E-state index contributed by atoms with van der Waals surface area (Å²) in [4.78, 5) is 27.5. The number of carbonyl (C=O) groups is 2. The highest BCUT2D eigenvalue weighted by molar-refractivity contribution is 6.43. The number of ether oxygens (including phenoxy) is 1. The molecule has 116 valence electrons. The number of hydrogen-bond acceptors (Lipinski definition) is 6. The Morgan fingerprint density at radius 3 is 2.70 bits per heavy atom. The molecule has 0 aliphatic carbocycles. The number of H-pyrrole nitrogens is 1. The lowest BCUT2D eigenvalue weighted by Crippen LogP contribution is -2.18. The van der Waals surface area contributed by atoms with Crippen molar-refractivity contribution in [3.63, 3.8) is 0 Å². The van der Waals surface area contributed by atoms with E-state index in [9.17, 15) is 9.59 Å². The molecule has 1 aromatic carbocycles. The van der Waals surface area contributed by atoms with Gasteiger partial charge in [-0.25, -0.2) is 4.98 Å². The van der Waals surface area contributed by atoms with Crippen molar-refractivity contribution in [3.8, 4) is 11.7 Å². The Kier molecular flexibility index (Phi) is 4.20. The van der Waals surface area contributed by atoms with Crippen LogP contribution in [0.15, 0.2) is 47.3 Å². The van der Waals surface area contributed by atoms with E-state index in [-0.39, 0.29) is 18.2 Å². The lowest BCUT2D eigenvalue weighted by molar-refractivity contribution is -0.114. The van der Waals surface area contributed by atoms with Crippen molar-refractivity contribution < 1.29 is 18.7 Å². The molecule has 2 heterocycles. The molecule has 23 heavy (non-hydrogen) atoms. The van der Waals surface area contributed by atoms with Crippen molar-refractivity contribution in [3.05, 3.63) is 59.3 Å². The van der Waals surface area contributed by atoms with Gasteiger partial charge in [-0.15, -0.1) is 0 Å². The van der Waals surface area contributed by atoms with Gasteiger partial charge in [-0.3, -0.25) is 14.7 Å². The van der Waals surface area contributed by atoms with Crippen molar-refractivity contribution >= 4 is 23.2 Å². The highest BCUT2D eigenvalue weighted by atomic mass is 35.5. The summed E-state index contributed by atoms with van der Waals surface area (Å²) in [5.74, 6) is -0.852. The number of Topliss-reactive ketones (excluding diaryl/α,β-unsaturated/α-hetero) is 2. The first-order chi connectivity index (χ1) is 11.1. The molecule has 7 nitrogen and oxygen atoms in total. The van der Waals surface area contributed by atoms with Gasteiger partial charge in [0.1, 0.15) is 12.1 Å². The number of aromatic amines is 1. The van der Waals surface area contributed by atoms with Gasteiger partial charge in [0.25, 0.3) is 11.7 Å². The SMILES string of the molecule is O=C(Cc1ccoc1Oc1ccc(Cl)cc1)C(=O)c1ncn[nH]1. The minimum Gasteiger partial charge on any atom is -0.434 e. The zero-order valence-electron chi connectivity index (χ0n) is 11.7. The van der Waals surface area contributed by atoms with E-state index >= 15 is 0 Å². The average Bonchev–Trinajstić information content (AvgIpc) is 3.21. The Morgan fingerprint density at radius 1 is 1.22 bits per heavy atom. The molecular weight excluding hydrogens is 322 g/mol. The minimum absolute atomic E-state index is 0.0985. The first-order valence-corrected chi connectivity index (χ1v) is 6.94. The fourth-order valence-electron chi connectivity index (χ4n) is 1.85. The third kappa shape index (κ3) is 3.46. The molecule has 0 bridgehead atoms. The highest BCUT2D eigenvalue weighted by Crippen LogP contribution is 2.28. The molecule has 0 saturated heterocycles. The van der Waals surface area contributed by atoms with Gasteiger partial charge in [-0.2, -0.15) is 5.10 Å². The number of rotatable bonds is 6. The normalized spacial score (nSPS) is 10.5. The maximum Gasteiger partial charge on any atom is 0.293 e. The Labute approximate surface area is 135 Å². The number of benzene rings is 1. The second kappa shape index (κ2) is 6.45. The van der Waals surface area contributed by atoms with Crippen molar-refractivity contribution in [1.29, 1.82) is 0 Å². The van der Waals surface area contributed by atoms with Gasteiger partial charge >= 0.3 is 0 Å². The van der Waals surface area contributed by atoms with Crippen LogP contribution in [0.4, 0.5) is 0 Å². The standard InChI is InChI=1S/C15H10ClN3O4/c16-10-1-3-11(4-2-10)23-15-9(5-6-22-15)7-12(20)13(21)14-17-8-18-19-14/h1-6,8H,7H2,(H,17,18,19). The summed E-state index contributed by atoms with van der Waals surface area (Å²) in [6.45, 7) is 0. The Hall–Kier alpha value is -2.93. The van der Waals surface area contributed by atoms with Gasteiger partial charge in [-0.05, 0) is 30.3 Å². The van der Waals surface area contributed by atoms with E-state index in [2.05, 4.69) is 15.2 Å². The van der Waals surface area contributed by atoms with Crippen LogP contribution in [0.2, 0.25) is 5.02 Å². The van der Waals surface area contributed by atoms with Crippen LogP contribution in [-0.2, 0) is 11.2 Å². The number of halogens is 1. The molecule has 1 N–H and O–H groups in total. The molecule has 0 aliphatic heterocycles. The Morgan fingerprint density at radius 2 is 2.00 bits per heavy atom. The van der Waals surface area contributed by atoms with Crippen LogP contribution in [0.25, 0.3) is 0 Å². The predicted molar refractivity (Wildman–Crippen MR) is 79.7 cm³/mol. The zero-order valence-corrected chi connectivity index (χ0v) is 12.4. The Bertz CT molecular complexity index is 825. The number of nitrogens with zero attached hydrogens (tertiary/aromatic N) is 2. The molecule has 0 atom stereocenters. The smallest absolute Gasteiger partial charge is 0.293 e. The molecule has 0 spiro atoms. The van der Waals surface area contributed by atoms with E-state index in [1.807, 2.05) is 0 Å². The van der Waals surface area contributed by atoms with E-state index < -0.39 is 11.6 Å². The number of nitrogens with one attached hydrogen (secondary N) is 1. The van der Waals surface area contributed by atoms with Crippen LogP contribution < -0.4 is 4.74 Å². The lowest BCUT2D eigenvalue weighted by Gasteiger charge is -2.04. The second-order valence-corrected chi connectivity index (χ2v) is 4.99. The van der Waals surface area contributed by atoms with Crippen LogP contribution in [0, 0.1) is 0 Å². The largest absolute Gasteiger partial charge is 0.434 e. The molecule has 0 amide bonds. The summed E-state index contributed by atoms with van der Waals surface area (Å²) in [5, 5.41) is 6.47. The highest BCUT2D eigenvalue weighted by Gasteiger charge is 2.22. The fourth-order valence-corrected chi connectivity index (χ4v) is 1.98. The topological polar surface area (TPSA) is 98.1 Å². The molecule has 3 aromatic rings. The summed E-state index contributed by atoms with van der Waals surface area (Å²) in [6.07, 6.45) is 2.37. The monoisotopic (exact) mass is 331 g/mol. The summed E-state index contributed by atoms with van der Waals surface area (Å²) >= 11 is 5.80. The van der Waals surface area contributed by atoms with E-state index in [1.54, 1.807) is 30.3 Å². The third-order valence-electron chi connectivity index (χ3n) is 2.97. The predicted octanol–water partition coefficient (Wildman–Crippen LogP) is 2.84. The van der Waals surface area contributed by atoms with Gasteiger partial charge in [0.15, 0.2) is 5.82 Å². The van der Waals surface area contributed by atoms with Gasteiger partial charge in [-0.1, -0.05) is 11.6 Å². The number of furan rings is 1. The first-order valence-electron chi connectivity index (χ1n) is 6.56. The number of carbonyl (C=O) groups excluding carboxylic acids is 2. The maximum absolute atomic E-state index is 12.0. The molecule has 3 rings (SSSR count). The van der Waals surface area contributed by atoms with Crippen molar-refractivity contribution in [2.75, 3.05) is 0 Å². The van der Waals surface area contributed by atoms with Crippen molar-refractivity contribution in [1.82, 2.24) is 15.2 Å². The van der Waals surface area contributed by atoms with Crippen LogP contribution in [0.5, 0.6) is 11.7 Å². The number of aromatic nitrogens is 3. The van der Waals surface area contributed by atoms with Crippen LogP contribution >= 0.6 is 11.6 Å². The maximum atomic E-state index is 12.0. The third-order valence-corrected chi connectivity index (χ3v) is 3.22. The second-order valence-electron chi connectivity index (χ2n) is 4.55. The lowest BCUT2D eigenvalue weighted by atomic mass is 10.1. The van der Waals surface area contributed by atoms with Crippen molar-refractivity contribution in [2.45, 2.75) is 6.42 Å². The first kappa shape index (κ1) is 15.0. The molecule has 2 aromatic heterocycles. The molecule has 0 aliphatic rings. The Balaban J connectivity index is 1.72. The molecule has 0 saturated carbocycles. The molecule has 8 heteroatoms. The number of ketones is 2. The summed E-state index contributed by atoms with van der Waals surface area (Å²) in [6, 6.07) is 8.22. The fraction of sp³-hybridized carbons (Fsp3) is 0.0667. The van der Waals surface area contributed by atoms with Crippen LogP contribution in [0.3, 0.4) is 0 Å². The minimum atomic E-state index is -0.749. The summed E-state index contributed by atoms with van der Waals surface area (Å²) < 4.78 is 10.8. The van der Waals surface area contributed by atoms with E-state index in [0.717, 1.165) is 6.33 Å². The number of hydrogen-bond donors (Lipinski definition) is 1. The quantitative estimate of drug-likeness (QED) is 0.551. The molecule has 0 radical (unpaired) electrons. The molecular formula is C15H10ClN3O4. The molecule has 0 fully saturated rings. The van der Waals surface area contributed by atoms with E-state index in [4.69, 9.17) is 20.8 Å². The molecule has 0 unspecified atom stereocenters. The van der Waals surface area contributed by atoms with Crippen LogP contribution in [0.1, 0.15) is 16.2 Å². The van der Waals surface area contributed by atoms with E-state index in [0.29, 0.717) is 16.3 Å². The van der Waals surface area contributed by atoms with E-state index in [1.165, 1.54) is 6.26 Å². The van der Waals surface area contributed by atoms with Gasteiger partial charge in [0.05, 0.1) is 6.26 Å². The van der Waals surface area contributed by atoms with Crippen molar-refractivity contribution in [2.24, 2.45) is 0 Å². The van der Waals surface area contributed by atoms with Gasteiger partial charge in [0, 0.05) is 17.0 Å². The summed E-state index contributed by atoms with van der Waals surface area (Å²) in [5.41, 5.74) is 0.456. The summed E-state index contributed by atoms with van der Waals surface area (Å²) in [7, 11) is 0. The zero-order chi connectivity index (χ0) is 16.2. The van der Waals surface area contributed by atoms with Gasteiger partial charge < -0.3 is 9.15 Å².